The van der Waals surface area contributed by atoms with Gasteiger partial charge in [-0.1, -0.05) is 32.0 Å². The van der Waals surface area contributed by atoms with Gasteiger partial charge in [0.05, 0.1) is 12.7 Å². The van der Waals surface area contributed by atoms with Gasteiger partial charge in [-0.2, -0.15) is 0 Å². The molecule has 0 aliphatic carbocycles. The topological polar surface area (TPSA) is 65.1 Å². The molecule has 7 nitrogen and oxygen atoms in total. The molecule has 1 aliphatic rings. The normalized spacial score (nSPS) is 13.8. The van der Waals surface area contributed by atoms with Crippen molar-refractivity contribution in [3.05, 3.63) is 54.1 Å². The van der Waals surface area contributed by atoms with Gasteiger partial charge in [0.25, 0.3) is 5.91 Å². The molecule has 2 aromatic rings. The van der Waals surface area contributed by atoms with E-state index in [0.29, 0.717) is 30.9 Å². The van der Waals surface area contributed by atoms with Gasteiger partial charge in [0.15, 0.2) is 0 Å². The third-order valence-electron chi connectivity index (χ3n) is 5.43. The molecular formula is C23H30N4O3. The highest BCUT2D eigenvalue weighted by Gasteiger charge is 2.31. The van der Waals surface area contributed by atoms with Crippen LogP contribution in [0.4, 0.5) is 16.2 Å². The molecule has 0 saturated carbocycles. The van der Waals surface area contributed by atoms with Crippen molar-refractivity contribution in [2.24, 2.45) is 0 Å². The summed E-state index contributed by atoms with van der Waals surface area (Å²) in [5.41, 5.74) is 2.06. The largest absolute Gasteiger partial charge is 0.496 e. The van der Waals surface area contributed by atoms with E-state index in [0.717, 1.165) is 31.0 Å². The Morgan fingerprint density at radius 1 is 1.03 bits per heavy atom. The minimum atomic E-state index is -0.177. The van der Waals surface area contributed by atoms with Crippen LogP contribution >= 0.6 is 0 Å². The summed E-state index contributed by atoms with van der Waals surface area (Å²) in [6, 6.07) is 14.8. The monoisotopic (exact) mass is 410 g/mol. The van der Waals surface area contributed by atoms with Gasteiger partial charge in [-0.25, -0.2) is 4.79 Å². The summed E-state index contributed by atoms with van der Waals surface area (Å²) >= 11 is 0. The fourth-order valence-electron chi connectivity index (χ4n) is 3.62. The van der Waals surface area contributed by atoms with Gasteiger partial charge in [-0.15, -0.1) is 0 Å². The number of hydrogen-bond acceptors (Lipinski definition) is 4. The Balaban J connectivity index is 1.70. The van der Waals surface area contributed by atoms with E-state index in [-0.39, 0.29) is 11.9 Å². The molecule has 1 aliphatic heterocycles. The lowest BCUT2D eigenvalue weighted by molar-refractivity contribution is 0.0946. The van der Waals surface area contributed by atoms with Gasteiger partial charge < -0.3 is 15.0 Å². The molecule has 2 aromatic carbocycles. The maximum atomic E-state index is 12.9. The summed E-state index contributed by atoms with van der Waals surface area (Å²) in [7, 11) is 1.54. The zero-order valence-electron chi connectivity index (χ0n) is 17.9. The number of urea groups is 1. The van der Waals surface area contributed by atoms with Crippen LogP contribution in [-0.2, 0) is 0 Å². The summed E-state index contributed by atoms with van der Waals surface area (Å²) in [6.45, 7) is 8.67. The molecule has 0 atom stereocenters. The second-order valence-electron chi connectivity index (χ2n) is 7.09. The number of carbonyl (C=O) groups is 2. The van der Waals surface area contributed by atoms with Crippen molar-refractivity contribution >= 4 is 23.3 Å². The standard InChI is InChI=1S/C23H30N4O3/c1-4-25(5-2)14-13-24-22(28)20-12-11-19(17-21(20)30-3)27-16-15-26(23(27)29)18-9-7-6-8-10-18/h6-12,17H,4-5,13-16H2,1-3H3,(H,24,28). The van der Waals surface area contributed by atoms with Crippen LogP contribution in [0.1, 0.15) is 24.2 Å². The predicted octanol–water partition coefficient (Wildman–Crippen LogP) is 3.21. The number of ether oxygens (including phenoxy) is 1. The number of hydrogen-bond donors (Lipinski definition) is 1. The van der Waals surface area contributed by atoms with E-state index in [1.807, 2.05) is 30.3 Å². The van der Waals surface area contributed by atoms with Crippen molar-refractivity contribution in [1.29, 1.82) is 0 Å². The van der Waals surface area contributed by atoms with Crippen LogP contribution < -0.4 is 19.9 Å². The molecule has 160 valence electrons. The molecule has 0 spiro atoms. The fraction of sp³-hybridized carbons (Fsp3) is 0.391. The van der Waals surface area contributed by atoms with E-state index in [1.54, 1.807) is 28.0 Å². The van der Waals surface area contributed by atoms with Crippen LogP contribution in [0, 0.1) is 0 Å². The van der Waals surface area contributed by atoms with E-state index in [1.165, 1.54) is 7.11 Å². The molecule has 30 heavy (non-hydrogen) atoms. The van der Waals surface area contributed by atoms with E-state index in [2.05, 4.69) is 24.1 Å². The minimum absolute atomic E-state index is 0.0836. The number of likely N-dealkylation sites (N-methyl/N-ethyl adjacent to an activating group) is 1. The number of para-hydroxylation sites is 1. The van der Waals surface area contributed by atoms with Crippen LogP contribution in [0.15, 0.2) is 48.5 Å². The van der Waals surface area contributed by atoms with E-state index in [9.17, 15) is 9.59 Å². The Labute approximate surface area is 178 Å². The summed E-state index contributed by atoms with van der Waals surface area (Å²) in [4.78, 5) is 31.2. The average molecular weight is 411 g/mol. The highest BCUT2D eigenvalue weighted by Crippen LogP contribution is 2.29. The molecule has 0 aromatic heterocycles. The third-order valence-corrected chi connectivity index (χ3v) is 5.43. The Kier molecular flexibility index (Phi) is 7.30. The number of amides is 3. The summed E-state index contributed by atoms with van der Waals surface area (Å²) in [5.74, 6) is 0.281. The van der Waals surface area contributed by atoms with Crippen LogP contribution in [0.2, 0.25) is 0 Å². The van der Waals surface area contributed by atoms with Crippen molar-refractivity contribution in [3.63, 3.8) is 0 Å². The smallest absolute Gasteiger partial charge is 0.329 e. The second-order valence-corrected chi connectivity index (χ2v) is 7.09. The Morgan fingerprint density at radius 3 is 2.33 bits per heavy atom. The number of nitrogens with zero attached hydrogens (tertiary/aromatic N) is 3. The lowest BCUT2D eigenvalue weighted by Gasteiger charge is -2.20. The summed E-state index contributed by atoms with van der Waals surface area (Å²) in [5, 5.41) is 2.95. The molecule has 3 amide bonds. The quantitative estimate of drug-likeness (QED) is 0.689. The van der Waals surface area contributed by atoms with Gasteiger partial charge in [0, 0.05) is 43.6 Å². The average Bonchev–Trinajstić information content (AvgIpc) is 3.18. The maximum Gasteiger partial charge on any atom is 0.329 e. The molecule has 0 unspecified atom stereocenters. The molecule has 1 fully saturated rings. The Hall–Kier alpha value is -3.06. The summed E-state index contributed by atoms with van der Waals surface area (Å²) < 4.78 is 5.46. The predicted molar refractivity (Wildman–Crippen MR) is 120 cm³/mol. The molecule has 3 rings (SSSR count). The first-order chi connectivity index (χ1) is 14.6. The maximum absolute atomic E-state index is 12.9. The molecular weight excluding hydrogens is 380 g/mol. The van der Waals surface area contributed by atoms with E-state index >= 15 is 0 Å². The zero-order chi connectivity index (χ0) is 21.5. The number of benzene rings is 2. The van der Waals surface area contributed by atoms with Crippen molar-refractivity contribution < 1.29 is 14.3 Å². The zero-order valence-corrected chi connectivity index (χ0v) is 17.9. The SMILES string of the molecule is CCN(CC)CCNC(=O)c1ccc(N2CCN(c3ccccc3)C2=O)cc1OC. The number of methoxy groups -OCH3 is 1. The molecule has 1 saturated heterocycles. The third kappa shape index (κ3) is 4.74. The number of carbonyl (C=O) groups excluding carboxylic acids is 2. The van der Waals surface area contributed by atoms with Crippen LogP contribution in [0.3, 0.4) is 0 Å². The van der Waals surface area contributed by atoms with Gasteiger partial charge in [0.2, 0.25) is 0 Å². The lowest BCUT2D eigenvalue weighted by atomic mass is 10.1. The highest BCUT2D eigenvalue weighted by atomic mass is 16.5. The van der Waals surface area contributed by atoms with Crippen molar-refractivity contribution in [2.45, 2.75) is 13.8 Å². The van der Waals surface area contributed by atoms with Crippen LogP contribution in [-0.4, -0.2) is 63.2 Å². The first-order valence-electron chi connectivity index (χ1n) is 10.4. The Bertz CT molecular complexity index is 868. The molecule has 0 bridgehead atoms. The molecule has 1 heterocycles. The van der Waals surface area contributed by atoms with E-state index in [4.69, 9.17) is 4.74 Å². The molecule has 7 heteroatoms. The van der Waals surface area contributed by atoms with Gasteiger partial charge >= 0.3 is 6.03 Å². The van der Waals surface area contributed by atoms with Crippen molar-refractivity contribution in [2.75, 3.05) is 56.2 Å². The molecule has 1 N–H and O–H groups in total. The fourth-order valence-corrected chi connectivity index (χ4v) is 3.62. The number of anilines is 2. The Morgan fingerprint density at radius 2 is 1.70 bits per heavy atom. The van der Waals surface area contributed by atoms with Gasteiger partial charge in [-0.05, 0) is 37.4 Å². The van der Waals surface area contributed by atoms with Gasteiger partial charge in [0.1, 0.15) is 5.75 Å². The van der Waals surface area contributed by atoms with Crippen LogP contribution in [0.25, 0.3) is 0 Å². The van der Waals surface area contributed by atoms with Crippen LogP contribution in [0.5, 0.6) is 5.75 Å². The number of nitrogens with one attached hydrogen (secondary N) is 1. The first-order valence-corrected chi connectivity index (χ1v) is 10.4. The van der Waals surface area contributed by atoms with E-state index < -0.39 is 0 Å². The minimum Gasteiger partial charge on any atom is -0.496 e. The highest BCUT2D eigenvalue weighted by molar-refractivity contribution is 6.06. The molecule has 0 radical (unpaired) electrons. The van der Waals surface area contributed by atoms with Crippen molar-refractivity contribution in [3.8, 4) is 5.75 Å². The first kappa shape index (κ1) is 21.6. The summed E-state index contributed by atoms with van der Waals surface area (Å²) in [6.07, 6.45) is 0. The van der Waals surface area contributed by atoms with Gasteiger partial charge in [-0.3, -0.25) is 14.6 Å². The number of rotatable bonds is 9. The van der Waals surface area contributed by atoms with Crippen molar-refractivity contribution in [1.82, 2.24) is 10.2 Å². The second kappa shape index (κ2) is 10.1. The lowest BCUT2D eigenvalue weighted by Crippen LogP contribution is -2.35.